The normalized spacial score (nSPS) is 12.0. The van der Waals surface area contributed by atoms with E-state index in [-0.39, 0.29) is 6.79 Å². The Kier molecular flexibility index (Phi) is 4.28. The third-order valence-corrected chi connectivity index (χ3v) is 3.80. The third kappa shape index (κ3) is 3.77. The maximum atomic E-state index is 5.39. The zero-order chi connectivity index (χ0) is 16.9. The smallest absolute Gasteiger partial charge is 0.231 e. The molecular formula is C18H17N5O2. The molecule has 2 aromatic heterocycles. The highest BCUT2D eigenvalue weighted by atomic mass is 16.7. The van der Waals surface area contributed by atoms with Gasteiger partial charge in [0.05, 0.1) is 0 Å². The Morgan fingerprint density at radius 2 is 1.52 bits per heavy atom. The molecule has 4 rings (SSSR count). The van der Waals surface area contributed by atoms with E-state index in [1.54, 1.807) is 12.4 Å². The van der Waals surface area contributed by atoms with Gasteiger partial charge < -0.3 is 20.1 Å². The van der Waals surface area contributed by atoms with Gasteiger partial charge in [0.15, 0.2) is 11.5 Å². The van der Waals surface area contributed by atoms with E-state index in [2.05, 4.69) is 25.6 Å². The fourth-order valence-electron chi connectivity index (χ4n) is 2.49. The monoisotopic (exact) mass is 335 g/mol. The standard InChI is InChI=1S/C18H17N5O2/c1-2-15-16(25-12-24-15)7-14(1)10-21-18-8-17(22-11-23-18)20-9-13-3-5-19-6-4-13/h1-8,11H,9-10,12H2,(H2,20,21,22,23). The summed E-state index contributed by atoms with van der Waals surface area (Å²) in [5.74, 6) is 3.08. The number of ether oxygens (including phenoxy) is 2. The summed E-state index contributed by atoms with van der Waals surface area (Å²) in [7, 11) is 0. The molecule has 0 atom stereocenters. The van der Waals surface area contributed by atoms with E-state index >= 15 is 0 Å². The lowest BCUT2D eigenvalue weighted by molar-refractivity contribution is 0.174. The van der Waals surface area contributed by atoms with Gasteiger partial charge in [0.25, 0.3) is 0 Å². The first-order chi connectivity index (χ1) is 12.4. The Bertz CT molecular complexity index is 857. The van der Waals surface area contributed by atoms with E-state index in [1.807, 2.05) is 36.4 Å². The van der Waals surface area contributed by atoms with Gasteiger partial charge in [-0.3, -0.25) is 4.98 Å². The summed E-state index contributed by atoms with van der Waals surface area (Å²) in [6, 6.07) is 11.7. The van der Waals surface area contributed by atoms with Crippen molar-refractivity contribution in [2.75, 3.05) is 17.4 Å². The van der Waals surface area contributed by atoms with Crippen molar-refractivity contribution in [1.29, 1.82) is 0 Å². The van der Waals surface area contributed by atoms with Crippen LogP contribution in [0.4, 0.5) is 11.6 Å². The van der Waals surface area contributed by atoms with Crippen LogP contribution in [0.15, 0.2) is 55.1 Å². The van der Waals surface area contributed by atoms with Crippen LogP contribution in [-0.2, 0) is 13.1 Å². The van der Waals surface area contributed by atoms with Gasteiger partial charge in [-0.25, -0.2) is 9.97 Å². The van der Waals surface area contributed by atoms with Crippen molar-refractivity contribution in [2.45, 2.75) is 13.1 Å². The van der Waals surface area contributed by atoms with Crippen LogP contribution in [-0.4, -0.2) is 21.7 Å². The third-order valence-electron chi connectivity index (χ3n) is 3.80. The summed E-state index contributed by atoms with van der Waals surface area (Å²) >= 11 is 0. The first kappa shape index (κ1) is 15.2. The predicted molar refractivity (Wildman–Crippen MR) is 93.5 cm³/mol. The highest BCUT2D eigenvalue weighted by Gasteiger charge is 2.13. The molecule has 3 heterocycles. The lowest BCUT2D eigenvalue weighted by atomic mass is 10.2. The van der Waals surface area contributed by atoms with Crippen LogP contribution in [0.1, 0.15) is 11.1 Å². The molecule has 0 aliphatic carbocycles. The summed E-state index contributed by atoms with van der Waals surface area (Å²) in [5, 5.41) is 6.57. The molecule has 0 saturated carbocycles. The minimum atomic E-state index is 0.282. The number of pyridine rings is 1. The summed E-state index contributed by atoms with van der Waals surface area (Å²) in [5.41, 5.74) is 2.23. The SMILES string of the molecule is c1cc(CNc2cc(NCc3ccc4c(c3)OCO4)ncn2)ccn1. The number of benzene rings is 1. The molecule has 0 radical (unpaired) electrons. The van der Waals surface area contributed by atoms with E-state index < -0.39 is 0 Å². The van der Waals surface area contributed by atoms with Crippen LogP contribution in [0, 0.1) is 0 Å². The summed E-state index contributed by atoms with van der Waals surface area (Å²) in [4.78, 5) is 12.5. The predicted octanol–water partition coefficient (Wildman–Crippen LogP) is 2.82. The lowest BCUT2D eigenvalue weighted by Crippen LogP contribution is -2.05. The van der Waals surface area contributed by atoms with E-state index in [0.29, 0.717) is 13.1 Å². The van der Waals surface area contributed by atoms with Crippen molar-refractivity contribution in [3.63, 3.8) is 0 Å². The van der Waals surface area contributed by atoms with Crippen molar-refractivity contribution in [1.82, 2.24) is 15.0 Å². The van der Waals surface area contributed by atoms with Crippen LogP contribution >= 0.6 is 0 Å². The lowest BCUT2D eigenvalue weighted by Gasteiger charge is -2.09. The number of hydrogen-bond acceptors (Lipinski definition) is 7. The number of fused-ring (bicyclic) bond motifs is 1. The van der Waals surface area contributed by atoms with Gasteiger partial charge in [-0.2, -0.15) is 0 Å². The molecule has 25 heavy (non-hydrogen) atoms. The Balaban J connectivity index is 1.36. The maximum absolute atomic E-state index is 5.39. The molecule has 0 spiro atoms. The molecule has 1 aliphatic heterocycles. The fraction of sp³-hybridized carbons (Fsp3) is 0.167. The molecule has 1 aromatic carbocycles. The van der Waals surface area contributed by atoms with Gasteiger partial charge in [-0.05, 0) is 35.4 Å². The highest BCUT2D eigenvalue weighted by molar-refractivity contribution is 5.48. The number of aromatic nitrogens is 3. The average molecular weight is 335 g/mol. The Morgan fingerprint density at radius 1 is 0.800 bits per heavy atom. The van der Waals surface area contributed by atoms with Crippen molar-refractivity contribution >= 4 is 11.6 Å². The van der Waals surface area contributed by atoms with E-state index in [1.165, 1.54) is 6.33 Å². The molecule has 0 bridgehead atoms. The number of nitrogens with one attached hydrogen (secondary N) is 2. The van der Waals surface area contributed by atoms with Crippen molar-refractivity contribution in [3.05, 3.63) is 66.2 Å². The molecule has 0 fully saturated rings. The number of hydrogen-bond donors (Lipinski definition) is 2. The van der Waals surface area contributed by atoms with Gasteiger partial charge in [0.1, 0.15) is 18.0 Å². The van der Waals surface area contributed by atoms with E-state index in [9.17, 15) is 0 Å². The van der Waals surface area contributed by atoms with Gasteiger partial charge >= 0.3 is 0 Å². The van der Waals surface area contributed by atoms with Crippen LogP contribution in [0.5, 0.6) is 11.5 Å². The zero-order valence-corrected chi connectivity index (χ0v) is 13.5. The summed E-state index contributed by atoms with van der Waals surface area (Å²) in [6.07, 6.45) is 5.08. The quantitative estimate of drug-likeness (QED) is 0.717. The van der Waals surface area contributed by atoms with Crippen molar-refractivity contribution in [3.8, 4) is 11.5 Å². The summed E-state index contributed by atoms with van der Waals surface area (Å²) < 4.78 is 10.7. The molecular weight excluding hydrogens is 318 g/mol. The van der Waals surface area contributed by atoms with Crippen LogP contribution in [0.2, 0.25) is 0 Å². The Labute approximate surface area is 145 Å². The molecule has 1 aliphatic rings. The largest absolute Gasteiger partial charge is 0.454 e. The van der Waals surface area contributed by atoms with Gasteiger partial charge in [-0.15, -0.1) is 0 Å². The van der Waals surface area contributed by atoms with Gasteiger partial charge in [-0.1, -0.05) is 6.07 Å². The van der Waals surface area contributed by atoms with Crippen molar-refractivity contribution in [2.24, 2.45) is 0 Å². The second kappa shape index (κ2) is 7.04. The van der Waals surface area contributed by atoms with Crippen molar-refractivity contribution < 1.29 is 9.47 Å². The van der Waals surface area contributed by atoms with Crippen LogP contribution in [0.25, 0.3) is 0 Å². The average Bonchev–Trinajstić information content (AvgIpc) is 3.14. The molecule has 7 nitrogen and oxygen atoms in total. The first-order valence-electron chi connectivity index (χ1n) is 7.94. The number of anilines is 2. The highest BCUT2D eigenvalue weighted by Crippen LogP contribution is 2.32. The second-order valence-corrected chi connectivity index (χ2v) is 5.54. The number of nitrogens with zero attached hydrogens (tertiary/aromatic N) is 3. The molecule has 126 valence electrons. The van der Waals surface area contributed by atoms with Gasteiger partial charge in [0, 0.05) is 31.5 Å². The van der Waals surface area contributed by atoms with E-state index in [4.69, 9.17) is 9.47 Å². The molecule has 0 saturated heterocycles. The van der Waals surface area contributed by atoms with E-state index in [0.717, 1.165) is 34.3 Å². The first-order valence-corrected chi connectivity index (χ1v) is 7.94. The number of rotatable bonds is 6. The molecule has 3 aromatic rings. The fourth-order valence-corrected chi connectivity index (χ4v) is 2.49. The minimum Gasteiger partial charge on any atom is -0.454 e. The molecule has 7 heteroatoms. The zero-order valence-electron chi connectivity index (χ0n) is 13.5. The molecule has 0 unspecified atom stereocenters. The molecule has 2 N–H and O–H groups in total. The minimum absolute atomic E-state index is 0.282. The van der Waals surface area contributed by atoms with Gasteiger partial charge in [0.2, 0.25) is 6.79 Å². The second-order valence-electron chi connectivity index (χ2n) is 5.54. The Hall–Kier alpha value is -3.35. The topological polar surface area (TPSA) is 81.2 Å². The molecule has 0 amide bonds. The van der Waals surface area contributed by atoms with Crippen LogP contribution in [0.3, 0.4) is 0 Å². The summed E-state index contributed by atoms with van der Waals surface area (Å²) in [6.45, 7) is 1.60. The van der Waals surface area contributed by atoms with Crippen LogP contribution < -0.4 is 20.1 Å². The maximum Gasteiger partial charge on any atom is 0.231 e. The Morgan fingerprint density at radius 3 is 2.32 bits per heavy atom.